The van der Waals surface area contributed by atoms with Crippen molar-refractivity contribution in [1.29, 1.82) is 0 Å². The van der Waals surface area contributed by atoms with Crippen LogP contribution in [-0.4, -0.2) is 14.5 Å². The molecule has 6 nitrogen and oxygen atoms in total. The fourth-order valence-corrected chi connectivity index (χ4v) is 2.82. The lowest BCUT2D eigenvalue weighted by molar-refractivity contribution is 0.770. The molecule has 0 saturated carbocycles. The van der Waals surface area contributed by atoms with E-state index in [9.17, 15) is 4.79 Å². The Labute approximate surface area is 150 Å². The molecule has 0 spiro atoms. The maximum Gasteiger partial charge on any atom is 0.356 e. The summed E-state index contributed by atoms with van der Waals surface area (Å²) in [5.74, 6) is 5.88. The fraction of sp³-hybridized carbons (Fsp3) is 0.167. The van der Waals surface area contributed by atoms with Gasteiger partial charge in [-0.05, 0) is 35.8 Å². The summed E-state index contributed by atoms with van der Waals surface area (Å²) < 4.78 is 1.41. The van der Waals surface area contributed by atoms with E-state index in [1.165, 1.54) is 22.1 Å². The van der Waals surface area contributed by atoms with E-state index < -0.39 is 5.69 Å². The minimum Gasteiger partial charge on any atom is -0.292 e. The average Bonchev–Trinajstić information content (AvgIpc) is 3.27. The smallest absolute Gasteiger partial charge is 0.292 e. The second-order valence-electron chi connectivity index (χ2n) is 5.55. The standard InChI is InChI=1S/C11H12ClN5O.C7H6/c1-2-9-14-10(16-13)15-11(18)17(9)8-5-3-4-7(12)6-8;1-2-7-4-3-6(1)5-7/h3-6H,2,13H2,1H3,(H,15,16,18);1-4H,5H2. The second kappa shape index (κ2) is 7.46. The Morgan fingerprint density at radius 2 is 1.96 bits per heavy atom. The molecule has 3 N–H and O–H groups in total. The van der Waals surface area contributed by atoms with Gasteiger partial charge in [-0.1, -0.05) is 48.9 Å². The molecule has 2 aliphatic carbocycles. The quantitative estimate of drug-likeness (QED) is 0.653. The fourth-order valence-electron chi connectivity index (χ4n) is 2.64. The summed E-state index contributed by atoms with van der Waals surface area (Å²) in [7, 11) is 0. The molecule has 0 aliphatic heterocycles. The number of rotatable bonds is 3. The molecule has 2 bridgehead atoms. The Hall–Kier alpha value is -2.70. The van der Waals surface area contributed by atoms with Gasteiger partial charge in [-0.15, -0.1) is 0 Å². The zero-order valence-electron chi connectivity index (χ0n) is 13.7. The number of fused-ring (bicyclic) bond motifs is 2. The number of nitrogens with one attached hydrogen (secondary N) is 1. The molecule has 2 aromatic rings. The number of aromatic nitrogens is 3. The number of nitrogen functional groups attached to an aromatic ring is 1. The third kappa shape index (κ3) is 3.87. The molecule has 4 rings (SSSR count). The van der Waals surface area contributed by atoms with E-state index >= 15 is 0 Å². The van der Waals surface area contributed by atoms with E-state index in [4.69, 9.17) is 17.4 Å². The van der Waals surface area contributed by atoms with Gasteiger partial charge in [-0.3, -0.25) is 5.43 Å². The van der Waals surface area contributed by atoms with Crippen molar-refractivity contribution >= 4 is 17.5 Å². The van der Waals surface area contributed by atoms with Crippen molar-refractivity contribution in [3.8, 4) is 5.69 Å². The molecule has 0 saturated heterocycles. The van der Waals surface area contributed by atoms with Crippen LogP contribution in [0.3, 0.4) is 0 Å². The maximum absolute atomic E-state index is 12.0. The Balaban J connectivity index is 0.000000213. The van der Waals surface area contributed by atoms with Crippen molar-refractivity contribution in [2.75, 3.05) is 5.43 Å². The van der Waals surface area contributed by atoms with Crippen LogP contribution in [0.5, 0.6) is 0 Å². The molecule has 0 radical (unpaired) electrons. The highest BCUT2D eigenvalue weighted by molar-refractivity contribution is 6.30. The molecule has 1 heterocycles. The highest BCUT2D eigenvalue weighted by Crippen LogP contribution is 2.27. The van der Waals surface area contributed by atoms with Gasteiger partial charge in [0, 0.05) is 11.4 Å². The van der Waals surface area contributed by atoms with Crippen LogP contribution in [0, 0.1) is 0 Å². The molecule has 128 valence electrons. The summed E-state index contributed by atoms with van der Waals surface area (Å²) in [4.78, 5) is 19.8. The maximum atomic E-state index is 12.0. The second-order valence-corrected chi connectivity index (χ2v) is 5.99. The zero-order chi connectivity index (χ0) is 17.8. The van der Waals surface area contributed by atoms with Gasteiger partial charge in [0.2, 0.25) is 5.95 Å². The number of anilines is 1. The number of aryl methyl sites for hydroxylation is 1. The Bertz CT molecular complexity index is 923. The van der Waals surface area contributed by atoms with E-state index in [0.29, 0.717) is 23.0 Å². The van der Waals surface area contributed by atoms with E-state index in [1.807, 2.05) is 6.92 Å². The SMILES string of the molecule is C1=CC2=CC=C1C2.CCc1nc(NN)nc(=O)n1-c1cccc(Cl)c1. The van der Waals surface area contributed by atoms with E-state index in [-0.39, 0.29) is 5.95 Å². The van der Waals surface area contributed by atoms with Crippen molar-refractivity contribution in [3.05, 3.63) is 81.0 Å². The van der Waals surface area contributed by atoms with Gasteiger partial charge in [0.25, 0.3) is 0 Å². The monoisotopic (exact) mass is 355 g/mol. The first-order chi connectivity index (χ1) is 12.1. The van der Waals surface area contributed by atoms with Crippen LogP contribution in [-0.2, 0) is 6.42 Å². The number of hydrogen-bond donors (Lipinski definition) is 2. The highest BCUT2D eigenvalue weighted by Gasteiger charge is 2.10. The average molecular weight is 356 g/mol. The number of allylic oxidation sites excluding steroid dienone is 6. The largest absolute Gasteiger partial charge is 0.356 e. The molecule has 0 unspecified atom stereocenters. The van der Waals surface area contributed by atoms with Gasteiger partial charge in [0.1, 0.15) is 5.82 Å². The van der Waals surface area contributed by atoms with Crippen LogP contribution < -0.4 is 17.0 Å². The molecule has 0 atom stereocenters. The molecule has 25 heavy (non-hydrogen) atoms. The summed E-state index contributed by atoms with van der Waals surface area (Å²) in [6, 6.07) is 6.95. The molecule has 1 aromatic carbocycles. The van der Waals surface area contributed by atoms with Crippen molar-refractivity contribution in [2.45, 2.75) is 19.8 Å². The van der Waals surface area contributed by atoms with Crippen LogP contribution in [0.15, 0.2) is 64.5 Å². The molecule has 2 aliphatic rings. The van der Waals surface area contributed by atoms with Gasteiger partial charge >= 0.3 is 5.69 Å². The number of benzene rings is 1. The highest BCUT2D eigenvalue weighted by atomic mass is 35.5. The van der Waals surface area contributed by atoms with Crippen LogP contribution in [0.4, 0.5) is 5.95 Å². The number of hydrazine groups is 1. The summed E-state index contributed by atoms with van der Waals surface area (Å²) >= 11 is 5.91. The van der Waals surface area contributed by atoms with Gasteiger partial charge < -0.3 is 0 Å². The normalized spacial score (nSPS) is 13.9. The predicted molar refractivity (Wildman–Crippen MR) is 99.8 cm³/mol. The third-order valence-electron chi connectivity index (χ3n) is 3.83. The number of nitrogens with zero attached hydrogens (tertiary/aromatic N) is 3. The molecule has 1 aromatic heterocycles. The van der Waals surface area contributed by atoms with Crippen molar-refractivity contribution in [3.63, 3.8) is 0 Å². The van der Waals surface area contributed by atoms with E-state index in [1.54, 1.807) is 24.3 Å². The van der Waals surface area contributed by atoms with Crippen molar-refractivity contribution in [1.82, 2.24) is 14.5 Å². The number of nitrogens with two attached hydrogens (primary N) is 1. The van der Waals surface area contributed by atoms with Crippen LogP contribution in [0.25, 0.3) is 5.69 Å². The molecule has 7 heteroatoms. The summed E-state index contributed by atoms with van der Waals surface area (Å²) in [6.07, 6.45) is 10.5. The van der Waals surface area contributed by atoms with Crippen LogP contribution in [0.1, 0.15) is 19.2 Å². The third-order valence-corrected chi connectivity index (χ3v) is 4.06. The minimum atomic E-state index is -0.447. The predicted octanol–water partition coefficient (Wildman–Crippen LogP) is 2.94. The number of hydrogen-bond acceptors (Lipinski definition) is 5. The lowest BCUT2D eigenvalue weighted by atomic mass is 10.3. The van der Waals surface area contributed by atoms with Gasteiger partial charge in [-0.25, -0.2) is 15.2 Å². The molecular weight excluding hydrogens is 338 g/mol. The lowest BCUT2D eigenvalue weighted by Crippen LogP contribution is -2.28. The first kappa shape index (κ1) is 17.1. The topological polar surface area (TPSA) is 85.8 Å². The van der Waals surface area contributed by atoms with E-state index in [0.717, 1.165) is 0 Å². The molecule has 0 fully saturated rings. The molecule has 0 amide bonds. The first-order valence-electron chi connectivity index (χ1n) is 7.91. The Morgan fingerprint density at radius 3 is 2.44 bits per heavy atom. The van der Waals surface area contributed by atoms with Crippen LogP contribution >= 0.6 is 11.6 Å². The van der Waals surface area contributed by atoms with Gasteiger partial charge in [-0.2, -0.15) is 9.97 Å². The molecular formula is C18H18ClN5O. The Morgan fingerprint density at radius 1 is 1.24 bits per heavy atom. The summed E-state index contributed by atoms with van der Waals surface area (Å²) in [6.45, 7) is 1.89. The minimum absolute atomic E-state index is 0.107. The van der Waals surface area contributed by atoms with Crippen molar-refractivity contribution < 1.29 is 0 Å². The van der Waals surface area contributed by atoms with Crippen molar-refractivity contribution in [2.24, 2.45) is 5.84 Å². The van der Waals surface area contributed by atoms with Gasteiger partial charge in [0.05, 0.1) is 5.69 Å². The van der Waals surface area contributed by atoms with Crippen LogP contribution in [0.2, 0.25) is 5.02 Å². The lowest BCUT2D eigenvalue weighted by Gasteiger charge is -2.11. The first-order valence-corrected chi connectivity index (χ1v) is 8.29. The zero-order valence-corrected chi connectivity index (χ0v) is 14.5. The Kier molecular flexibility index (Phi) is 5.11. The summed E-state index contributed by atoms with van der Waals surface area (Å²) in [5, 5.41) is 0.544. The van der Waals surface area contributed by atoms with E-state index in [2.05, 4.69) is 39.7 Å². The summed E-state index contributed by atoms with van der Waals surface area (Å²) in [5.41, 5.74) is 5.39. The van der Waals surface area contributed by atoms with Gasteiger partial charge in [0.15, 0.2) is 0 Å². The number of halogens is 1.